The molecule has 2 aliphatic rings. The third-order valence-corrected chi connectivity index (χ3v) is 15.6. The largest absolute Gasteiger partial charge is 1.00 e. The van der Waals surface area contributed by atoms with Crippen molar-refractivity contribution in [2.24, 2.45) is 5.41 Å². The van der Waals surface area contributed by atoms with Crippen molar-refractivity contribution in [2.45, 2.75) is 47.0 Å². The average molecular weight is 619 g/mol. The summed E-state index contributed by atoms with van der Waals surface area (Å²) >= 11 is -2.48. The summed E-state index contributed by atoms with van der Waals surface area (Å²) < 4.78 is 5.03. The number of rotatable bonds is 6. The van der Waals surface area contributed by atoms with E-state index in [9.17, 15) is 0 Å². The molecule has 0 heterocycles. The summed E-state index contributed by atoms with van der Waals surface area (Å²) in [7, 11) is 0. The molecule has 0 atom stereocenters. The van der Waals surface area contributed by atoms with Gasteiger partial charge >= 0.3 is 226 Å². The topological polar surface area (TPSA) is 0 Å². The average Bonchev–Trinajstić information content (AvgIpc) is 3.52. The first-order chi connectivity index (χ1) is 17.3. The van der Waals surface area contributed by atoms with Gasteiger partial charge in [0.2, 0.25) is 0 Å². The SMILES string of the molecule is C=Cc1ccc2c(c1)-c1cc(C=C)c[c](/[Zr+2]([C]3=CC(C(C)(C)C)=CC3)=[C](/CC)c3ccccc3)c1C2.[Cl-].[Cl-]. The molecule has 194 valence electrons. The number of hydrogen-bond acceptors (Lipinski definition) is 0. The van der Waals surface area contributed by atoms with Crippen molar-refractivity contribution in [3.8, 4) is 11.1 Å². The van der Waals surface area contributed by atoms with E-state index in [1.807, 2.05) is 12.2 Å². The summed E-state index contributed by atoms with van der Waals surface area (Å²) in [5, 5.41) is 0. The summed E-state index contributed by atoms with van der Waals surface area (Å²) in [4.78, 5) is 0. The molecule has 0 aliphatic heterocycles. The van der Waals surface area contributed by atoms with Crippen LogP contribution in [0.2, 0.25) is 0 Å². The van der Waals surface area contributed by atoms with Gasteiger partial charge in [0, 0.05) is 0 Å². The monoisotopic (exact) mass is 616 g/mol. The molecule has 0 aromatic heterocycles. The van der Waals surface area contributed by atoms with Crippen molar-refractivity contribution in [1.82, 2.24) is 0 Å². The number of hydrogen-bond donors (Lipinski definition) is 0. The fourth-order valence-electron chi connectivity index (χ4n) is 5.70. The Hall–Kier alpha value is -2.05. The first-order valence-corrected chi connectivity index (χ1v) is 16.8. The van der Waals surface area contributed by atoms with Gasteiger partial charge < -0.3 is 24.8 Å². The van der Waals surface area contributed by atoms with E-state index in [0.29, 0.717) is 0 Å². The molecule has 3 heteroatoms. The van der Waals surface area contributed by atoms with Crippen LogP contribution >= 0.6 is 0 Å². The quantitative estimate of drug-likeness (QED) is 0.312. The molecule has 0 saturated carbocycles. The Morgan fingerprint density at radius 3 is 2.18 bits per heavy atom. The molecule has 0 saturated heterocycles. The Labute approximate surface area is 249 Å². The van der Waals surface area contributed by atoms with Gasteiger partial charge in [0.1, 0.15) is 0 Å². The molecule has 3 aromatic carbocycles. The molecule has 0 spiro atoms. The minimum absolute atomic E-state index is 0. The van der Waals surface area contributed by atoms with E-state index in [4.69, 9.17) is 0 Å². The summed E-state index contributed by atoms with van der Waals surface area (Å²) in [6.45, 7) is 17.6. The normalized spacial score (nSPS) is 13.7. The Balaban J connectivity index is 0.00000200. The van der Waals surface area contributed by atoms with Crippen molar-refractivity contribution in [2.75, 3.05) is 0 Å². The van der Waals surface area contributed by atoms with Gasteiger partial charge in [-0.25, -0.2) is 0 Å². The molecule has 3 aromatic rings. The number of halogens is 2. The predicted octanol–water partition coefficient (Wildman–Crippen LogP) is 2.69. The Morgan fingerprint density at radius 2 is 1.58 bits per heavy atom. The van der Waals surface area contributed by atoms with Gasteiger partial charge in [-0.2, -0.15) is 0 Å². The van der Waals surface area contributed by atoms with Crippen LogP contribution in [0.5, 0.6) is 0 Å². The second kappa shape index (κ2) is 12.4. The van der Waals surface area contributed by atoms with E-state index in [2.05, 4.69) is 114 Å². The van der Waals surface area contributed by atoms with Crippen molar-refractivity contribution in [3.05, 3.63) is 123 Å². The van der Waals surface area contributed by atoms with Gasteiger partial charge in [-0.15, -0.1) is 0 Å². The number of allylic oxidation sites excluding steroid dienone is 4. The third kappa shape index (κ3) is 5.77. The molecular formula is C35H36Cl2Zr. The third-order valence-electron chi connectivity index (χ3n) is 7.64. The Morgan fingerprint density at radius 1 is 0.895 bits per heavy atom. The van der Waals surface area contributed by atoms with Crippen LogP contribution in [-0.4, -0.2) is 3.21 Å². The Kier molecular flexibility index (Phi) is 9.97. The maximum atomic E-state index is 4.19. The van der Waals surface area contributed by atoms with Gasteiger partial charge in [0.15, 0.2) is 0 Å². The van der Waals surface area contributed by atoms with Crippen molar-refractivity contribution < 1.29 is 46.1 Å². The molecule has 0 fully saturated rings. The molecule has 2 aliphatic carbocycles. The number of benzene rings is 3. The molecule has 38 heavy (non-hydrogen) atoms. The van der Waals surface area contributed by atoms with Crippen molar-refractivity contribution >= 4 is 18.6 Å². The number of fused-ring (bicyclic) bond motifs is 3. The molecule has 0 amide bonds. The fourth-order valence-corrected chi connectivity index (χ4v) is 13.8. The van der Waals surface area contributed by atoms with Crippen LogP contribution in [0.25, 0.3) is 23.3 Å². The van der Waals surface area contributed by atoms with Crippen molar-refractivity contribution in [3.63, 3.8) is 0 Å². The second-order valence-corrected chi connectivity index (χ2v) is 17.2. The van der Waals surface area contributed by atoms with Crippen LogP contribution in [0.4, 0.5) is 0 Å². The summed E-state index contributed by atoms with van der Waals surface area (Å²) in [6.07, 6.45) is 12.3. The van der Waals surface area contributed by atoms with Gasteiger partial charge in [0.25, 0.3) is 0 Å². The van der Waals surface area contributed by atoms with Crippen LogP contribution in [0, 0.1) is 5.41 Å². The second-order valence-electron chi connectivity index (χ2n) is 11.0. The first-order valence-electron chi connectivity index (χ1n) is 13.1. The van der Waals surface area contributed by atoms with E-state index in [1.54, 1.807) is 15.3 Å². The minimum Gasteiger partial charge on any atom is -1.00 e. The molecule has 0 bridgehead atoms. The summed E-state index contributed by atoms with van der Waals surface area (Å²) in [5.74, 6) is 0. The van der Waals surface area contributed by atoms with Gasteiger partial charge in [-0.1, -0.05) is 0 Å². The maximum absolute atomic E-state index is 4.19. The molecule has 0 unspecified atom stereocenters. The smallest absolute Gasteiger partial charge is 1.00 e. The fraction of sp³-hybridized carbons (Fsp3) is 0.229. The van der Waals surface area contributed by atoms with Gasteiger partial charge in [-0.3, -0.25) is 0 Å². The molecule has 0 N–H and O–H groups in total. The minimum atomic E-state index is -2.48. The van der Waals surface area contributed by atoms with E-state index >= 15 is 0 Å². The van der Waals surface area contributed by atoms with Crippen molar-refractivity contribution in [1.29, 1.82) is 0 Å². The zero-order valence-corrected chi connectivity index (χ0v) is 26.8. The molecular weight excluding hydrogens is 583 g/mol. The molecule has 0 radical (unpaired) electrons. The van der Waals surface area contributed by atoms with E-state index < -0.39 is 21.3 Å². The van der Waals surface area contributed by atoms with Gasteiger partial charge in [-0.05, 0) is 0 Å². The van der Waals surface area contributed by atoms with E-state index in [-0.39, 0.29) is 30.2 Å². The van der Waals surface area contributed by atoms with Gasteiger partial charge in [0.05, 0.1) is 0 Å². The van der Waals surface area contributed by atoms with E-state index in [1.165, 1.54) is 39.0 Å². The Bertz CT molecular complexity index is 1460. The predicted molar refractivity (Wildman–Crippen MR) is 156 cm³/mol. The van der Waals surface area contributed by atoms with Crippen LogP contribution in [0.1, 0.15) is 68.4 Å². The van der Waals surface area contributed by atoms with Crippen LogP contribution in [0.15, 0.2) is 94.8 Å². The maximum Gasteiger partial charge on any atom is -1.00 e. The zero-order chi connectivity index (χ0) is 25.4. The van der Waals surface area contributed by atoms with Crippen LogP contribution < -0.4 is 28.1 Å². The van der Waals surface area contributed by atoms with E-state index in [0.717, 1.165) is 19.3 Å². The van der Waals surface area contributed by atoms with Crippen LogP contribution in [0.3, 0.4) is 0 Å². The summed E-state index contributed by atoms with van der Waals surface area (Å²) in [5.41, 5.74) is 11.3. The first kappa shape index (κ1) is 30.5. The molecule has 0 nitrogen and oxygen atoms in total. The molecule has 5 rings (SSSR count). The zero-order valence-electron chi connectivity index (χ0n) is 22.9. The summed E-state index contributed by atoms with van der Waals surface area (Å²) in [6, 6.07) is 22.9. The standard InChI is InChI=1S/C17H13.C9H13.C9H10.2ClH.Zr/c1-3-12-5-7-14-11-15-8-6-13(4-2)10-17(15)16(14)9-12;1-9(2,3)8-6-4-5-7-8;1-2-6-9-7-4-3-5-8-9;;;/h3-7,9-10H,1-2,11H2;6-7H,4H2,1-3H3;3-5,7-8H,2H2,1H3;2*1H;/q;;;;;+2/p-2. The van der Waals surface area contributed by atoms with Crippen LogP contribution in [-0.2, 0) is 27.7 Å².